The van der Waals surface area contributed by atoms with Gasteiger partial charge in [-0.2, -0.15) is 0 Å². The highest BCUT2D eigenvalue weighted by molar-refractivity contribution is 6.30. The highest BCUT2D eigenvalue weighted by Crippen LogP contribution is 2.27. The van der Waals surface area contributed by atoms with Gasteiger partial charge in [0.25, 0.3) is 0 Å². The summed E-state index contributed by atoms with van der Waals surface area (Å²) in [7, 11) is 0. The van der Waals surface area contributed by atoms with Gasteiger partial charge in [0.15, 0.2) is 0 Å². The number of carboxylic acid groups (broad SMARTS) is 1. The zero-order chi connectivity index (χ0) is 17.5. The average Bonchev–Trinajstić information content (AvgIpc) is 2.90. The van der Waals surface area contributed by atoms with Gasteiger partial charge in [0, 0.05) is 30.1 Å². The van der Waals surface area contributed by atoms with E-state index in [1.54, 1.807) is 17.0 Å². The summed E-state index contributed by atoms with van der Waals surface area (Å²) in [5.74, 6) is -0.988. The molecule has 1 atom stereocenters. The molecule has 0 radical (unpaired) electrons. The second kappa shape index (κ2) is 8.92. The summed E-state index contributed by atoms with van der Waals surface area (Å²) < 4.78 is 5.85. The number of carbonyl (C=O) groups is 2. The first-order chi connectivity index (χ1) is 11.5. The van der Waals surface area contributed by atoms with E-state index >= 15 is 0 Å². The van der Waals surface area contributed by atoms with E-state index in [1.165, 1.54) is 12.8 Å². The van der Waals surface area contributed by atoms with Crippen molar-refractivity contribution in [3.8, 4) is 5.75 Å². The van der Waals surface area contributed by atoms with Gasteiger partial charge in [-0.1, -0.05) is 37.8 Å². The number of hydrogen-bond donors (Lipinski definition) is 1. The summed E-state index contributed by atoms with van der Waals surface area (Å²) in [4.78, 5) is 24.6. The number of halogens is 1. The normalized spacial score (nSPS) is 17.3. The minimum Gasteiger partial charge on any atom is -0.493 e. The third-order valence-corrected chi connectivity index (χ3v) is 4.44. The number of nitrogens with zero attached hydrogens (tertiary/aromatic N) is 1. The van der Waals surface area contributed by atoms with Crippen LogP contribution in [-0.4, -0.2) is 35.0 Å². The molecule has 132 valence electrons. The summed E-state index contributed by atoms with van der Waals surface area (Å²) in [5.41, 5.74) is 0.817. The van der Waals surface area contributed by atoms with Gasteiger partial charge in [-0.05, 0) is 24.6 Å². The quantitative estimate of drug-likeness (QED) is 0.687. The Morgan fingerprint density at radius 1 is 1.38 bits per heavy atom. The number of carbonyl (C=O) groups excluding carboxylic acids is 1. The Bertz CT molecular complexity index is 590. The average molecular weight is 354 g/mol. The fourth-order valence-electron chi connectivity index (χ4n) is 2.82. The summed E-state index contributed by atoms with van der Waals surface area (Å²) in [6.07, 6.45) is 4.54. The summed E-state index contributed by atoms with van der Waals surface area (Å²) >= 11 is 6.07. The number of benzene rings is 1. The van der Waals surface area contributed by atoms with Gasteiger partial charge < -0.3 is 14.7 Å². The van der Waals surface area contributed by atoms with Crippen molar-refractivity contribution < 1.29 is 19.4 Å². The lowest BCUT2D eigenvalue weighted by Gasteiger charge is -2.19. The predicted octanol–water partition coefficient (Wildman–Crippen LogP) is 3.73. The molecule has 1 aliphatic heterocycles. The smallest absolute Gasteiger partial charge is 0.308 e. The highest BCUT2D eigenvalue weighted by Gasteiger charge is 2.34. The van der Waals surface area contributed by atoms with Crippen LogP contribution in [0.3, 0.4) is 0 Å². The van der Waals surface area contributed by atoms with Crippen molar-refractivity contribution in [2.75, 3.05) is 13.2 Å². The fourth-order valence-corrected chi connectivity index (χ4v) is 3.01. The molecule has 1 aromatic carbocycles. The SMILES string of the molecule is CCCCCCOc1ccc(Cl)cc1CN1CC(C(=O)O)CC1=O. The van der Waals surface area contributed by atoms with E-state index in [-0.39, 0.29) is 18.9 Å². The van der Waals surface area contributed by atoms with Crippen LogP contribution in [0.15, 0.2) is 18.2 Å². The second-order valence-corrected chi connectivity index (χ2v) is 6.61. The molecule has 0 aliphatic carbocycles. The number of likely N-dealkylation sites (tertiary alicyclic amines) is 1. The van der Waals surface area contributed by atoms with E-state index in [0.29, 0.717) is 23.9 Å². The fraction of sp³-hybridized carbons (Fsp3) is 0.556. The number of aliphatic carboxylic acids is 1. The number of rotatable bonds is 9. The highest BCUT2D eigenvalue weighted by atomic mass is 35.5. The molecule has 1 fully saturated rings. The predicted molar refractivity (Wildman–Crippen MR) is 92.2 cm³/mol. The number of ether oxygens (including phenoxy) is 1. The molecule has 2 rings (SSSR count). The second-order valence-electron chi connectivity index (χ2n) is 6.17. The van der Waals surface area contributed by atoms with Crippen LogP contribution in [0.4, 0.5) is 0 Å². The van der Waals surface area contributed by atoms with Gasteiger partial charge in [0.05, 0.1) is 12.5 Å². The topological polar surface area (TPSA) is 66.8 Å². The third-order valence-electron chi connectivity index (χ3n) is 4.20. The van der Waals surface area contributed by atoms with Gasteiger partial charge in [-0.25, -0.2) is 0 Å². The maximum absolute atomic E-state index is 12.0. The van der Waals surface area contributed by atoms with E-state index in [1.807, 2.05) is 6.07 Å². The molecule has 0 spiro atoms. The molecule has 1 amide bonds. The Balaban J connectivity index is 1.99. The Morgan fingerprint density at radius 2 is 2.17 bits per heavy atom. The van der Waals surface area contributed by atoms with Gasteiger partial charge in [0.2, 0.25) is 5.91 Å². The minimum atomic E-state index is -0.927. The summed E-state index contributed by atoms with van der Waals surface area (Å²) in [6, 6.07) is 5.36. The van der Waals surface area contributed by atoms with Crippen molar-refractivity contribution in [3.05, 3.63) is 28.8 Å². The van der Waals surface area contributed by atoms with E-state index in [2.05, 4.69) is 6.92 Å². The first-order valence-corrected chi connectivity index (χ1v) is 8.81. The molecule has 1 aliphatic rings. The van der Waals surface area contributed by atoms with Crippen LogP contribution in [0.1, 0.15) is 44.6 Å². The Morgan fingerprint density at radius 3 is 2.83 bits per heavy atom. The van der Waals surface area contributed by atoms with Gasteiger partial charge in [0.1, 0.15) is 5.75 Å². The van der Waals surface area contributed by atoms with E-state index < -0.39 is 11.9 Å². The van der Waals surface area contributed by atoms with Crippen molar-refractivity contribution >= 4 is 23.5 Å². The molecule has 0 saturated carbocycles. The van der Waals surface area contributed by atoms with Crippen LogP contribution in [0, 0.1) is 5.92 Å². The zero-order valence-corrected chi connectivity index (χ0v) is 14.7. The van der Waals surface area contributed by atoms with Gasteiger partial charge in [-0.15, -0.1) is 0 Å². The van der Waals surface area contributed by atoms with Crippen LogP contribution in [0.5, 0.6) is 5.75 Å². The molecule has 24 heavy (non-hydrogen) atoms. The maximum atomic E-state index is 12.0. The number of unbranched alkanes of at least 4 members (excludes halogenated alkanes) is 3. The standard InChI is InChI=1S/C18H24ClNO4/c1-2-3-4-5-8-24-16-7-6-15(19)9-13(16)11-20-12-14(18(22)23)10-17(20)21/h6-7,9,14H,2-5,8,10-12H2,1H3,(H,22,23). The molecular formula is C18H24ClNO4. The molecule has 6 heteroatoms. The lowest BCUT2D eigenvalue weighted by molar-refractivity contribution is -0.141. The third kappa shape index (κ3) is 5.13. The van der Waals surface area contributed by atoms with E-state index in [9.17, 15) is 9.59 Å². The maximum Gasteiger partial charge on any atom is 0.308 e. The molecule has 1 N–H and O–H groups in total. The van der Waals surface area contributed by atoms with E-state index in [4.69, 9.17) is 21.4 Å². The molecule has 0 bridgehead atoms. The molecule has 0 aromatic heterocycles. The van der Waals surface area contributed by atoms with Crippen molar-refractivity contribution in [1.29, 1.82) is 0 Å². The van der Waals surface area contributed by atoms with Crippen LogP contribution >= 0.6 is 11.6 Å². The molecule has 1 unspecified atom stereocenters. The molecule has 1 heterocycles. The monoisotopic (exact) mass is 353 g/mol. The van der Waals surface area contributed by atoms with Gasteiger partial charge >= 0.3 is 5.97 Å². The van der Waals surface area contributed by atoms with Crippen LogP contribution in [0.25, 0.3) is 0 Å². The minimum absolute atomic E-state index is 0.0586. The first-order valence-electron chi connectivity index (χ1n) is 8.43. The van der Waals surface area contributed by atoms with Gasteiger partial charge in [-0.3, -0.25) is 9.59 Å². The van der Waals surface area contributed by atoms with E-state index in [0.717, 1.165) is 18.4 Å². The molecule has 1 saturated heterocycles. The van der Waals surface area contributed by atoms with Crippen LogP contribution in [0.2, 0.25) is 5.02 Å². The largest absolute Gasteiger partial charge is 0.493 e. The van der Waals surface area contributed by atoms with Crippen LogP contribution < -0.4 is 4.74 Å². The molecule has 5 nitrogen and oxygen atoms in total. The Hall–Kier alpha value is -1.75. The lowest BCUT2D eigenvalue weighted by Crippen LogP contribution is -2.26. The number of hydrogen-bond acceptors (Lipinski definition) is 3. The molecule has 1 aromatic rings. The zero-order valence-electron chi connectivity index (χ0n) is 14.0. The summed E-state index contributed by atoms with van der Waals surface area (Å²) in [6.45, 7) is 3.35. The summed E-state index contributed by atoms with van der Waals surface area (Å²) in [5, 5.41) is 9.65. The van der Waals surface area contributed by atoms with Crippen LogP contribution in [-0.2, 0) is 16.1 Å². The number of carboxylic acids is 1. The Labute approximate surface area is 147 Å². The number of amides is 1. The van der Waals surface area contributed by atoms with Crippen molar-refractivity contribution in [2.45, 2.75) is 45.6 Å². The van der Waals surface area contributed by atoms with Crippen molar-refractivity contribution in [2.24, 2.45) is 5.92 Å². The first kappa shape index (κ1) is 18.6. The molecular weight excluding hydrogens is 330 g/mol. The van der Waals surface area contributed by atoms with Crippen molar-refractivity contribution in [3.63, 3.8) is 0 Å². The van der Waals surface area contributed by atoms with Crippen molar-refractivity contribution in [1.82, 2.24) is 4.90 Å². The Kier molecular flexibility index (Phi) is 6.91. The lowest BCUT2D eigenvalue weighted by atomic mass is 10.1.